The van der Waals surface area contributed by atoms with Gasteiger partial charge in [-0.15, -0.1) is 0 Å². The third-order valence-electron chi connectivity index (χ3n) is 4.06. The van der Waals surface area contributed by atoms with Crippen molar-refractivity contribution in [1.29, 1.82) is 0 Å². The second-order valence-electron chi connectivity index (χ2n) is 5.68. The maximum Gasteiger partial charge on any atom is 0.146 e. The number of rotatable bonds is 6. The van der Waals surface area contributed by atoms with E-state index >= 15 is 0 Å². The summed E-state index contributed by atoms with van der Waals surface area (Å²) in [5.74, 6) is -0.114. The monoisotopic (exact) mass is 273 g/mol. The highest BCUT2D eigenvalue weighted by molar-refractivity contribution is 5.81. The van der Waals surface area contributed by atoms with Crippen molar-refractivity contribution in [2.75, 3.05) is 13.1 Å². The predicted octanol–water partition coefficient (Wildman–Crippen LogP) is 1.97. The number of Topliss-reactive ketones (excluding diaryl/α,β-unsaturated/α-hetero) is 1. The van der Waals surface area contributed by atoms with E-state index in [1.165, 1.54) is 0 Å². The van der Waals surface area contributed by atoms with Crippen LogP contribution in [0.5, 0.6) is 0 Å². The summed E-state index contributed by atoms with van der Waals surface area (Å²) in [5.41, 5.74) is 1.13. The SMILES string of the molecule is [CH]C(Cc1ccccc1)C(O)CN1CCCC1C(C)=O. The maximum atomic E-state index is 11.5. The first kappa shape index (κ1) is 15.2. The summed E-state index contributed by atoms with van der Waals surface area (Å²) in [6, 6.07) is 9.91. The molecule has 1 aliphatic rings. The zero-order valence-corrected chi connectivity index (χ0v) is 12.0. The van der Waals surface area contributed by atoms with E-state index in [-0.39, 0.29) is 17.7 Å². The van der Waals surface area contributed by atoms with Crippen LogP contribution in [0.3, 0.4) is 0 Å². The number of likely N-dealkylation sites (tertiary alicyclic amines) is 1. The molecule has 1 aliphatic heterocycles. The van der Waals surface area contributed by atoms with Crippen molar-refractivity contribution >= 4 is 5.78 Å². The van der Waals surface area contributed by atoms with Crippen LogP contribution in [0.4, 0.5) is 0 Å². The molecule has 0 saturated carbocycles. The molecular weight excluding hydrogens is 250 g/mol. The van der Waals surface area contributed by atoms with Crippen LogP contribution >= 0.6 is 0 Å². The van der Waals surface area contributed by atoms with E-state index in [1.54, 1.807) is 6.92 Å². The fraction of sp³-hybridized carbons (Fsp3) is 0.529. The van der Waals surface area contributed by atoms with E-state index < -0.39 is 6.10 Å². The Kier molecular flexibility index (Phi) is 5.32. The quantitative estimate of drug-likeness (QED) is 0.861. The topological polar surface area (TPSA) is 40.5 Å². The molecule has 108 valence electrons. The second kappa shape index (κ2) is 7.00. The number of nitrogens with zero attached hydrogens (tertiary/aromatic N) is 1. The highest BCUT2D eigenvalue weighted by atomic mass is 16.3. The number of hydrogen-bond acceptors (Lipinski definition) is 3. The molecule has 2 radical (unpaired) electrons. The van der Waals surface area contributed by atoms with Gasteiger partial charge in [0.25, 0.3) is 0 Å². The van der Waals surface area contributed by atoms with Gasteiger partial charge >= 0.3 is 0 Å². The molecule has 20 heavy (non-hydrogen) atoms. The third kappa shape index (κ3) is 3.90. The van der Waals surface area contributed by atoms with Crippen LogP contribution in [-0.2, 0) is 11.2 Å². The van der Waals surface area contributed by atoms with Gasteiger partial charge in [-0.05, 0) is 51.1 Å². The Morgan fingerprint density at radius 3 is 2.80 bits per heavy atom. The minimum Gasteiger partial charge on any atom is -0.391 e. The lowest BCUT2D eigenvalue weighted by molar-refractivity contribution is -0.121. The Balaban J connectivity index is 1.87. The van der Waals surface area contributed by atoms with Gasteiger partial charge in [-0.3, -0.25) is 9.69 Å². The summed E-state index contributed by atoms with van der Waals surface area (Å²) in [6.07, 6.45) is 1.97. The number of aliphatic hydroxyl groups is 1. The van der Waals surface area contributed by atoms with Crippen LogP contribution in [0.2, 0.25) is 0 Å². The van der Waals surface area contributed by atoms with Gasteiger partial charge in [-0.2, -0.15) is 0 Å². The largest absolute Gasteiger partial charge is 0.391 e. The van der Waals surface area contributed by atoms with Crippen LogP contribution in [0.25, 0.3) is 0 Å². The standard InChI is InChI=1S/C17H23NO2/c1-13(11-15-7-4-3-5-8-15)17(20)12-18-10-6-9-16(18)14(2)19/h1,3-5,7-8,13,16-17,20H,6,9-12H2,2H3. The lowest BCUT2D eigenvalue weighted by Crippen LogP contribution is -2.42. The lowest BCUT2D eigenvalue weighted by Gasteiger charge is -2.28. The Bertz CT molecular complexity index is 432. The number of ketones is 1. The summed E-state index contributed by atoms with van der Waals surface area (Å²) < 4.78 is 0. The summed E-state index contributed by atoms with van der Waals surface area (Å²) in [7, 11) is 0. The average molecular weight is 273 g/mol. The average Bonchev–Trinajstić information content (AvgIpc) is 2.88. The van der Waals surface area contributed by atoms with Crippen molar-refractivity contribution in [3.05, 3.63) is 42.8 Å². The minimum absolute atomic E-state index is 0.0337. The summed E-state index contributed by atoms with van der Waals surface area (Å²) in [6.45, 7) is 9.07. The molecular formula is C17H23NO2. The molecule has 3 heteroatoms. The van der Waals surface area contributed by atoms with Crippen molar-refractivity contribution < 1.29 is 9.90 Å². The first-order valence-electron chi connectivity index (χ1n) is 7.30. The first-order valence-corrected chi connectivity index (χ1v) is 7.30. The van der Waals surface area contributed by atoms with Gasteiger partial charge < -0.3 is 5.11 Å². The van der Waals surface area contributed by atoms with Crippen LogP contribution < -0.4 is 0 Å². The number of carbonyl (C=O) groups excluding carboxylic acids is 1. The number of hydrogen-bond donors (Lipinski definition) is 1. The molecule has 0 spiro atoms. The highest BCUT2D eigenvalue weighted by Crippen LogP contribution is 2.20. The maximum absolute atomic E-state index is 11.5. The van der Waals surface area contributed by atoms with Gasteiger partial charge in [0, 0.05) is 6.54 Å². The van der Waals surface area contributed by atoms with Crippen molar-refractivity contribution in [3.63, 3.8) is 0 Å². The Labute approximate surface area is 121 Å². The van der Waals surface area contributed by atoms with E-state index in [4.69, 9.17) is 6.92 Å². The van der Waals surface area contributed by atoms with Crippen LogP contribution in [0.1, 0.15) is 25.3 Å². The van der Waals surface area contributed by atoms with E-state index in [2.05, 4.69) is 4.90 Å². The molecule has 0 amide bonds. The fourth-order valence-corrected chi connectivity index (χ4v) is 2.90. The molecule has 1 aromatic carbocycles. The third-order valence-corrected chi connectivity index (χ3v) is 4.06. The normalized spacial score (nSPS) is 22.6. The molecule has 3 atom stereocenters. The Morgan fingerprint density at radius 1 is 1.45 bits per heavy atom. The smallest absolute Gasteiger partial charge is 0.146 e. The molecule has 1 saturated heterocycles. The zero-order chi connectivity index (χ0) is 14.5. The molecule has 3 unspecified atom stereocenters. The van der Waals surface area contributed by atoms with Crippen molar-refractivity contribution in [1.82, 2.24) is 4.90 Å². The summed E-state index contributed by atoms with van der Waals surface area (Å²) in [4.78, 5) is 13.6. The highest BCUT2D eigenvalue weighted by Gasteiger charge is 2.30. The van der Waals surface area contributed by atoms with Crippen LogP contribution in [-0.4, -0.2) is 41.0 Å². The molecule has 1 aromatic rings. The van der Waals surface area contributed by atoms with E-state index in [0.717, 1.165) is 24.9 Å². The van der Waals surface area contributed by atoms with Crippen molar-refractivity contribution in [2.45, 2.75) is 38.3 Å². The predicted molar refractivity (Wildman–Crippen MR) is 79.2 cm³/mol. The van der Waals surface area contributed by atoms with Gasteiger partial charge in [-0.1, -0.05) is 30.3 Å². The molecule has 3 nitrogen and oxygen atoms in total. The van der Waals surface area contributed by atoms with E-state index in [1.807, 2.05) is 30.3 Å². The Morgan fingerprint density at radius 2 is 2.15 bits per heavy atom. The summed E-state index contributed by atoms with van der Waals surface area (Å²) >= 11 is 0. The molecule has 1 fully saturated rings. The zero-order valence-electron chi connectivity index (χ0n) is 12.0. The van der Waals surface area contributed by atoms with Crippen LogP contribution in [0, 0.1) is 12.8 Å². The van der Waals surface area contributed by atoms with Gasteiger partial charge in [0.2, 0.25) is 0 Å². The lowest BCUT2D eigenvalue weighted by atomic mass is 9.95. The van der Waals surface area contributed by atoms with Gasteiger partial charge in [0.1, 0.15) is 5.78 Å². The van der Waals surface area contributed by atoms with Crippen molar-refractivity contribution in [2.24, 2.45) is 5.92 Å². The minimum atomic E-state index is -0.602. The molecule has 2 rings (SSSR count). The molecule has 0 aliphatic carbocycles. The fourth-order valence-electron chi connectivity index (χ4n) is 2.90. The van der Waals surface area contributed by atoms with Gasteiger partial charge in [0.15, 0.2) is 0 Å². The van der Waals surface area contributed by atoms with E-state index in [0.29, 0.717) is 13.0 Å². The number of aliphatic hydroxyl groups excluding tert-OH is 1. The number of benzene rings is 1. The number of β-amino-alcohol motifs (C(OH)–C–C–N with tert-alkyl or cyclic N) is 1. The van der Waals surface area contributed by atoms with Gasteiger partial charge in [-0.25, -0.2) is 0 Å². The van der Waals surface area contributed by atoms with Gasteiger partial charge in [0.05, 0.1) is 12.1 Å². The van der Waals surface area contributed by atoms with Crippen LogP contribution in [0.15, 0.2) is 30.3 Å². The molecule has 0 bridgehead atoms. The molecule has 1 N–H and O–H groups in total. The molecule has 0 aromatic heterocycles. The van der Waals surface area contributed by atoms with Crippen molar-refractivity contribution in [3.8, 4) is 0 Å². The van der Waals surface area contributed by atoms with E-state index in [9.17, 15) is 9.90 Å². The first-order chi connectivity index (χ1) is 9.58. The number of carbonyl (C=O) groups is 1. The Hall–Kier alpha value is -1.19. The summed E-state index contributed by atoms with van der Waals surface area (Å²) in [5, 5.41) is 10.3. The molecule has 1 heterocycles. The second-order valence-corrected chi connectivity index (χ2v) is 5.68.